The molecule has 0 heterocycles. The second-order valence-corrected chi connectivity index (χ2v) is 3.73. The van der Waals surface area contributed by atoms with Gasteiger partial charge in [-0.05, 0) is 24.1 Å². The van der Waals surface area contributed by atoms with Crippen molar-refractivity contribution in [1.82, 2.24) is 0 Å². The third-order valence-corrected chi connectivity index (χ3v) is 2.33. The van der Waals surface area contributed by atoms with E-state index in [-0.39, 0.29) is 11.4 Å². The molecule has 1 rings (SSSR count). The van der Waals surface area contributed by atoms with Crippen molar-refractivity contribution >= 4 is 11.6 Å². The molecule has 0 aromatic heterocycles. The molecule has 7 heteroatoms. The molecule has 0 aliphatic heterocycles. The zero-order chi connectivity index (χ0) is 13.1. The zero-order valence-corrected chi connectivity index (χ0v) is 9.35. The number of rotatable bonds is 4. The van der Waals surface area contributed by atoms with Gasteiger partial charge in [0.25, 0.3) is 0 Å². The van der Waals surface area contributed by atoms with Crippen molar-refractivity contribution in [1.29, 1.82) is 0 Å². The maximum Gasteiger partial charge on any atom is 0.573 e. The minimum atomic E-state index is -4.80. The lowest BCUT2D eigenvalue weighted by molar-refractivity contribution is -0.274. The van der Waals surface area contributed by atoms with Crippen LogP contribution in [-0.4, -0.2) is 13.0 Å². The second-order valence-electron chi connectivity index (χ2n) is 3.32. The van der Waals surface area contributed by atoms with Crippen molar-refractivity contribution in [2.24, 2.45) is 5.73 Å². The molecule has 1 atom stereocenters. The van der Waals surface area contributed by atoms with Gasteiger partial charge in [-0.25, -0.2) is 0 Å². The van der Waals surface area contributed by atoms with E-state index in [1.807, 2.05) is 0 Å². The SMILES string of the molecule is N[C@@H](CCF)c1ccc(OC(F)(F)F)c(Cl)c1. The van der Waals surface area contributed by atoms with Crippen LogP contribution in [0, 0.1) is 0 Å². The van der Waals surface area contributed by atoms with Crippen molar-refractivity contribution < 1.29 is 22.3 Å². The van der Waals surface area contributed by atoms with Gasteiger partial charge in [0, 0.05) is 6.04 Å². The Morgan fingerprint density at radius 3 is 2.47 bits per heavy atom. The second kappa shape index (κ2) is 5.55. The molecule has 17 heavy (non-hydrogen) atoms. The highest BCUT2D eigenvalue weighted by Gasteiger charge is 2.32. The van der Waals surface area contributed by atoms with Crippen LogP contribution in [0.2, 0.25) is 5.02 Å². The maximum atomic E-state index is 12.0. The fourth-order valence-electron chi connectivity index (χ4n) is 1.24. The standard InChI is InChI=1S/C10H10ClF4NO/c11-7-5-6(8(16)3-4-12)1-2-9(7)17-10(13,14)15/h1-2,5,8H,3-4,16H2/t8-/m0/s1. The fraction of sp³-hybridized carbons (Fsp3) is 0.400. The highest BCUT2D eigenvalue weighted by Crippen LogP contribution is 2.32. The van der Waals surface area contributed by atoms with Crippen LogP contribution in [0.1, 0.15) is 18.0 Å². The topological polar surface area (TPSA) is 35.2 Å². The van der Waals surface area contributed by atoms with Crippen LogP contribution in [0.3, 0.4) is 0 Å². The predicted molar refractivity (Wildman–Crippen MR) is 55.7 cm³/mol. The molecule has 0 bridgehead atoms. The Kier molecular flexibility index (Phi) is 4.59. The summed E-state index contributed by atoms with van der Waals surface area (Å²) in [5.74, 6) is -0.504. The lowest BCUT2D eigenvalue weighted by Gasteiger charge is -2.14. The maximum absolute atomic E-state index is 12.0. The van der Waals surface area contributed by atoms with Crippen LogP contribution in [0.4, 0.5) is 17.6 Å². The van der Waals surface area contributed by atoms with Crippen molar-refractivity contribution in [2.45, 2.75) is 18.8 Å². The molecule has 1 aromatic rings. The van der Waals surface area contributed by atoms with Crippen LogP contribution in [0.15, 0.2) is 18.2 Å². The third-order valence-electron chi connectivity index (χ3n) is 2.03. The number of halogens is 5. The van der Waals surface area contributed by atoms with Gasteiger partial charge in [-0.2, -0.15) is 0 Å². The van der Waals surface area contributed by atoms with Crippen molar-refractivity contribution in [3.05, 3.63) is 28.8 Å². The Hall–Kier alpha value is -1.01. The van der Waals surface area contributed by atoms with Gasteiger partial charge < -0.3 is 10.5 Å². The molecular weight excluding hydrogens is 262 g/mol. The van der Waals surface area contributed by atoms with E-state index in [0.29, 0.717) is 5.56 Å². The first-order valence-electron chi connectivity index (χ1n) is 4.70. The first kappa shape index (κ1) is 14.1. The average molecular weight is 272 g/mol. The Morgan fingerprint density at radius 1 is 1.35 bits per heavy atom. The summed E-state index contributed by atoms with van der Waals surface area (Å²) in [7, 11) is 0. The van der Waals surface area contributed by atoms with E-state index < -0.39 is 24.8 Å². The Morgan fingerprint density at radius 2 is 2.00 bits per heavy atom. The number of alkyl halides is 4. The van der Waals surface area contributed by atoms with Crippen molar-refractivity contribution in [3.63, 3.8) is 0 Å². The van der Waals surface area contributed by atoms with Gasteiger partial charge in [0.15, 0.2) is 0 Å². The number of benzene rings is 1. The number of nitrogens with two attached hydrogens (primary N) is 1. The number of hydrogen-bond donors (Lipinski definition) is 1. The molecule has 1 aromatic carbocycles. The monoisotopic (exact) mass is 271 g/mol. The van der Waals surface area contributed by atoms with Crippen LogP contribution >= 0.6 is 11.6 Å². The largest absolute Gasteiger partial charge is 0.573 e. The first-order valence-corrected chi connectivity index (χ1v) is 5.08. The quantitative estimate of drug-likeness (QED) is 0.849. The van der Waals surface area contributed by atoms with Crippen molar-refractivity contribution in [3.8, 4) is 5.75 Å². The molecule has 0 fully saturated rings. The summed E-state index contributed by atoms with van der Waals surface area (Å²) in [6.07, 6.45) is -4.72. The van der Waals surface area contributed by atoms with E-state index in [1.165, 1.54) is 12.1 Å². The Balaban J connectivity index is 2.86. The summed E-state index contributed by atoms with van der Waals surface area (Å²) >= 11 is 5.61. The molecule has 0 amide bonds. The Labute approximate surface area is 100 Å². The lowest BCUT2D eigenvalue weighted by Crippen LogP contribution is -2.17. The summed E-state index contributed by atoms with van der Waals surface area (Å²) in [5, 5.41) is -0.214. The minimum Gasteiger partial charge on any atom is -0.404 e. The highest BCUT2D eigenvalue weighted by molar-refractivity contribution is 6.32. The lowest BCUT2D eigenvalue weighted by atomic mass is 10.1. The van der Waals surface area contributed by atoms with E-state index in [1.54, 1.807) is 0 Å². The van der Waals surface area contributed by atoms with E-state index in [4.69, 9.17) is 17.3 Å². The molecule has 96 valence electrons. The van der Waals surface area contributed by atoms with E-state index in [2.05, 4.69) is 4.74 Å². The smallest absolute Gasteiger partial charge is 0.404 e. The van der Waals surface area contributed by atoms with Gasteiger partial charge >= 0.3 is 6.36 Å². The molecule has 0 aliphatic carbocycles. The molecule has 0 aliphatic rings. The minimum absolute atomic E-state index is 0.0792. The van der Waals surface area contributed by atoms with E-state index >= 15 is 0 Å². The molecule has 0 spiro atoms. The molecule has 0 radical (unpaired) electrons. The summed E-state index contributed by atoms with van der Waals surface area (Å²) in [4.78, 5) is 0. The molecule has 2 N–H and O–H groups in total. The Bertz CT molecular complexity index is 383. The van der Waals surface area contributed by atoms with Gasteiger partial charge in [0.05, 0.1) is 11.7 Å². The summed E-state index contributed by atoms with van der Waals surface area (Å²) in [6, 6.07) is 3.02. The zero-order valence-electron chi connectivity index (χ0n) is 8.60. The van der Waals surface area contributed by atoms with Gasteiger partial charge in [-0.15, -0.1) is 13.2 Å². The first-order chi connectivity index (χ1) is 7.83. The normalized spacial score (nSPS) is 13.5. The fourth-order valence-corrected chi connectivity index (χ4v) is 1.47. The van der Waals surface area contributed by atoms with Gasteiger partial charge in [0.2, 0.25) is 0 Å². The van der Waals surface area contributed by atoms with Crippen LogP contribution < -0.4 is 10.5 Å². The summed E-state index contributed by atoms with van der Waals surface area (Å²) in [6.45, 7) is -0.612. The van der Waals surface area contributed by atoms with Gasteiger partial charge in [-0.3, -0.25) is 4.39 Å². The molecular formula is C10H10ClF4NO. The average Bonchev–Trinajstić information content (AvgIpc) is 2.19. The van der Waals surface area contributed by atoms with E-state index in [0.717, 1.165) is 6.07 Å². The van der Waals surface area contributed by atoms with E-state index in [9.17, 15) is 17.6 Å². The number of ether oxygens (including phenoxy) is 1. The van der Waals surface area contributed by atoms with Crippen molar-refractivity contribution in [2.75, 3.05) is 6.67 Å². The van der Waals surface area contributed by atoms with Gasteiger partial charge in [-0.1, -0.05) is 17.7 Å². The highest BCUT2D eigenvalue weighted by atomic mass is 35.5. The van der Waals surface area contributed by atoms with Crippen LogP contribution in [0.5, 0.6) is 5.75 Å². The summed E-state index contributed by atoms with van der Waals surface area (Å²) in [5.41, 5.74) is 6.05. The molecule has 0 saturated heterocycles. The molecule has 0 saturated carbocycles. The predicted octanol–water partition coefficient (Wildman–Crippen LogP) is 3.60. The molecule has 0 unspecified atom stereocenters. The number of hydrogen-bond acceptors (Lipinski definition) is 2. The van der Waals surface area contributed by atoms with Crippen LogP contribution in [-0.2, 0) is 0 Å². The van der Waals surface area contributed by atoms with Gasteiger partial charge in [0.1, 0.15) is 5.75 Å². The molecule has 2 nitrogen and oxygen atoms in total. The summed E-state index contributed by atoms with van der Waals surface area (Å²) < 4.78 is 51.6. The third kappa shape index (κ3) is 4.40. The van der Waals surface area contributed by atoms with Crippen LogP contribution in [0.25, 0.3) is 0 Å².